The van der Waals surface area contributed by atoms with Crippen molar-refractivity contribution in [2.24, 2.45) is 5.92 Å². The van der Waals surface area contributed by atoms with E-state index in [0.717, 1.165) is 12.0 Å². The maximum Gasteiger partial charge on any atom is 0.0247 e. The molecule has 0 bridgehead atoms. The highest BCUT2D eigenvalue weighted by Gasteiger charge is 2.32. The highest BCUT2D eigenvalue weighted by atomic mass is 15.2. The molecule has 0 aromatic heterocycles. The van der Waals surface area contributed by atoms with Gasteiger partial charge in [0.05, 0.1) is 0 Å². The normalized spacial score (nSPS) is 41.7. The van der Waals surface area contributed by atoms with Gasteiger partial charge in [-0.15, -0.1) is 0 Å². The van der Waals surface area contributed by atoms with Gasteiger partial charge in [0.2, 0.25) is 0 Å². The molecule has 2 saturated heterocycles. The van der Waals surface area contributed by atoms with Crippen molar-refractivity contribution >= 4 is 0 Å². The summed E-state index contributed by atoms with van der Waals surface area (Å²) in [6.07, 6.45) is 1.41. The van der Waals surface area contributed by atoms with Crippen LogP contribution in [0.5, 0.6) is 0 Å². The predicted octanol–water partition coefficient (Wildman–Crippen LogP) is 0.300. The predicted molar refractivity (Wildman–Crippen MR) is 42.0 cm³/mol. The van der Waals surface area contributed by atoms with Gasteiger partial charge in [0.15, 0.2) is 0 Å². The van der Waals surface area contributed by atoms with Gasteiger partial charge in [0, 0.05) is 25.7 Å². The zero-order chi connectivity index (χ0) is 6.97. The lowest BCUT2D eigenvalue weighted by Crippen LogP contribution is -2.49. The number of nitrogens with one attached hydrogen (secondary N) is 1. The fraction of sp³-hybridized carbons (Fsp3) is 1.00. The van der Waals surface area contributed by atoms with Gasteiger partial charge in [0.1, 0.15) is 0 Å². The summed E-state index contributed by atoms with van der Waals surface area (Å²) in [7, 11) is 0. The van der Waals surface area contributed by atoms with Crippen LogP contribution in [-0.2, 0) is 0 Å². The van der Waals surface area contributed by atoms with Gasteiger partial charge in [-0.1, -0.05) is 6.92 Å². The first-order chi connectivity index (χ1) is 4.88. The van der Waals surface area contributed by atoms with Gasteiger partial charge in [0.25, 0.3) is 0 Å². The summed E-state index contributed by atoms with van der Waals surface area (Å²) in [5, 5.41) is 3.44. The van der Waals surface area contributed by atoms with E-state index >= 15 is 0 Å². The van der Waals surface area contributed by atoms with Crippen molar-refractivity contribution in [3.05, 3.63) is 0 Å². The second-order valence-electron chi connectivity index (χ2n) is 3.57. The van der Waals surface area contributed by atoms with Crippen LogP contribution in [0.3, 0.4) is 0 Å². The lowest BCUT2D eigenvalue weighted by atomic mass is 10.0. The molecule has 2 nitrogen and oxygen atoms in total. The van der Waals surface area contributed by atoms with E-state index in [2.05, 4.69) is 17.1 Å². The minimum Gasteiger partial charge on any atom is -0.314 e. The van der Waals surface area contributed by atoms with Crippen LogP contribution in [0.2, 0.25) is 0 Å². The van der Waals surface area contributed by atoms with E-state index in [9.17, 15) is 0 Å². The number of piperazine rings is 1. The largest absolute Gasteiger partial charge is 0.314 e. The summed E-state index contributed by atoms with van der Waals surface area (Å²) >= 11 is 0. The lowest BCUT2D eigenvalue weighted by Gasteiger charge is -2.31. The van der Waals surface area contributed by atoms with Crippen molar-refractivity contribution in [1.29, 1.82) is 0 Å². The third kappa shape index (κ3) is 0.956. The molecule has 2 heteroatoms. The van der Waals surface area contributed by atoms with Crippen molar-refractivity contribution < 1.29 is 0 Å². The van der Waals surface area contributed by atoms with Gasteiger partial charge in [-0.3, -0.25) is 4.90 Å². The van der Waals surface area contributed by atoms with Gasteiger partial charge in [-0.25, -0.2) is 0 Å². The highest BCUT2D eigenvalue weighted by molar-refractivity contribution is 4.89. The van der Waals surface area contributed by atoms with Crippen molar-refractivity contribution in [3.63, 3.8) is 0 Å². The molecule has 0 aromatic carbocycles. The van der Waals surface area contributed by atoms with Crippen LogP contribution in [0.15, 0.2) is 0 Å². The Hall–Kier alpha value is -0.0800. The average Bonchev–Trinajstić information content (AvgIpc) is 2.34. The summed E-state index contributed by atoms with van der Waals surface area (Å²) in [5.41, 5.74) is 0. The standard InChI is InChI=1S/C8H16N2/c1-7-2-4-10-5-3-9-6-8(7)10/h7-9H,2-6H2,1H3/t7-,8?/m0/s1. The van der Waals surface area contributed by atoms with E-state index in [0.29, 0.717) is 0 Å². The molecule has 58 valence electrons. The number of hydrogen-bond acceptors (Lipinski definition) is 2. The molecule has 1 N–H and O–H groups in total. The molecular weight excluding hydrogens is 124 g/mol. The van der Waals surface area contributed by atoms with Crippen LogP contribution in [0.25, 0.3) is 0 Å². The molecular formula is C8H16N2. The van der Waals surface area contributed by atoms with E-state index in [-0.39, 0.29) is 0 Å². The van der Waals surface area contributed by atoms with Crippen LogP contribution in [0.4, 0.5) is 0 Å². The van der Waals surface area contributed by atoms with Crippen LogP contribution >= 0.6 is 0 Å². The molecule has 0 aromatic rings. The Morgan fingerprint density at radius 2 is 2.30 bits per heavy atom. The lowest BCUT2D eigenvalue weighted by molar-refractivity contribution is 0.191. The molecule has 0 saturated carbocycles. The second-order valence-corrected chi connectivity index (χ2v) is 3.57. The molecule has 2 rings (SSSR count). The molecule has 2 aliphatic rings. The quantitative estimate of drug-likeness (QED) is 0.520. The monoisotopic (exact) mass is 140 g/mol. The Morgan fingerprint density at radius 3 is 3.10 bits per heavy atom. The van der Waals surface area contributed by atoms with E-state index in [1.807, 2.05) is 0 Å². The molecule has 0 aliphatic carbocycles. The molecule has 1 unspecified atom stereocenters. The second kappa shape index (κ2) is 2.51. The highest BCUT2D eigenvalue weighted by Crippen LogP contribution is 2.23. The Kier molecular flexibility index (Phi) is 1.66. The summed E-state index contributed by atoms with van der Waals surface area (Å²) in [5.74, 6) is 0.924. The van der Waals surface area contributed by atoms with Gasteiger partial charge in [-0.05, 0) is 18.9 Å². The van der Waals surface area contributed by atoms with Gasteiger partial charge >= 0.3 is 0 Å². The zero-order valence-corrected chi connectivity index (χ0v) is 6.64. The summed E-state index contributed by atoms with van der Waals surface area (Å²) < 4.78 is 0. The summed E-state index contributed by atoms with van der Waals surface area (Å²) in [6.45, 7) is 7.41. The molecule has 0 radical (unpaired) electrons. The van der Waals surface area contributed by atoms with Crippen LogP contribution in [0, 0.1) is 5.92 Å². The van der Waals surface area contributed by atoms with Gasteiger partial charge < -0.3 is 5.32 Å². The SMILES string of the molecule is C[C@H]1CCN2CCNCC12. The van der Waals surface area contributed by atoms with Crippen molar-refractivity contribution in [2.45, 2.75) is 19.4 Å². The maximum absolute atomic E-state index is 3.44. The molecule has 0 spiro atoms. The topological polar surface area (TPSA) is 15.3 Å². The fourth-order valence-electron chi connectivity index (χ4n) is 2.17. The molecule has 10 heavy (non-hydrogen) atoms. The van der Waals surface area contributed by atoms with Crippen molar-refractivity contribution in [3.8, 4) is 0 Å². The Bertz CT molecular complexity index is 122. The zero-order valence-electron chi connectivity index (χ0n) is 6.64. The summed E-state index contributed by atoms with van der Waals surface area (Å²) in [4.78, 5) is 2.63. The molecule has 2 fully saturated rings. The van der Waals surface area contributed by atoms with Crippen molar-refractivity contribution in [1.82, 2.24) is 10.2 Å². The van der Waals surface area contributed by atoms with Crippen LogP contribution in [-0.4, -0.2) is 37.1 Å². The van der Waals surface area contributed by atoms with E-state index in [1.54, 1.807) is 0 Å². The first kappa shape index (κ1) is 6.62. The van der Waals surface area contributed by atoms with Crippen molar-refractivity contribution in [2.75, 3.05) is 26.2 Å². The number of hydrogen-bond donors (Lipinski definition) is 1. The average molecular weight is 140 g/mol. The first-order valence-electron chi connectivity index (χ1n) is 4.32. The molecule has 0 amide bonds. The van der Waals surface area contributed by atoms with Gasteiger partial charge in [-0.2, -0.15) is 0 Å². The van der Waals surface area contributed by atoms with E-state index in [1.165, 1.54) is 32.6 Å². The minimum atomic E-state index is 0.855. The Morgan fingerprint density at radius 1 is 1.40 bits per heavy atom. The maximum atomic E-state index is 3.44. The van der Waals surface area contributed by atoms with E-state index < -0.39 is 0 Å². The van der Waals surface area contributed by atoms with E-state index in [4.69, 9.17) is 0 Å². The molecule has 2 aliphatic heterocycles. The third-order valence-electron chi connectivity index (χ3n) is 2.93. The fourth-order valence-corrected chi connectivity index (χ4v) is 2.17. The summed E-state index contributed by atoms with van der Waals surface area (Å²) in [6, 6.07) is 0.855. The molecule has 2 atom stereocenters. The first-order valence-corrected chi connectivity index (χ1v) is 4.32. The molecule has 2 heterocycles. The minimum absolute atomic E-state index is 0.855. The Balaban J connectivity index is 2.01. The van der Waals surface area contributed by atoms with Crippen LogP contribution < -0.4 is 5.32 Å². The Labute approximate surface area is 62.6 Å². The third-order valence-corrected chi connectivity index (χ3v) is 2.93. The number of nitrogens with zero attached hydrogens (tertiary/aromatic N) is 1. The van der Waals surface area contributed by atoms with Crippen LogP contribution in [0.1, 0.15) is 13.3 Å². The number of rotatable bonds is 0. The number of fused-ring (bicyclic) bond motifs is 1. The smallest absolute Gasteiger partial charge is 0.0247 e.